The number of methoxy groups -OCH3 is 2. The summed E-state index contributed by atoms with van der Waals surface area (Å²) in [5.74, 6) is -0.753. The van der Waals surface area contributed by atoms with Crippen molar-refractivity contribution >= 4 is 5.91 Å². The maximum absolute atomic E-state index is 14.5. The second-order valence-electron chi connectivity index (χ2n) is 10.4. The van der Waals surface area contributed by atoms with E-state index in [-0.39, 0.29) is 40.0 Å². The molecule has 1 aliphatic carbocycles. The summed E-state index contributed by atoms with van der Waals surface area (Å²) in [6.45, 7) is 1.81. The van der Waals surface area contributed by atoms with Crippen molar-refractivity contribution < 1.29 is 41.7 Å². The van der Waals surface area contributed by atoms with Crippen LogP contribution in [0.4, 0.5) is 17.6 Å². The lowest BCUT2D eigenvalue weighted by molar-refractivity contribution is -0.265. The van der Waals surface area contributed by atoms with Gasteiger partial charge in [-0.1, -0.05) is 0 Å². The molecule has 220 valence electrons. The normalized spacial score (nSPS) is 15.2. The van der Waals surface area contributed by atoms with Crippen molar-refractivity contribution in [1.82, 2.24) is 10.3 Å². The summed E-state index contributed by atoms with van der Waals surface area (Å²) >= 11 is 0. The monoisotopic (exact) mass is 577 g/mol. The average Bonchev–Trinajstić information content (AvgIpc) is 3.74. The minimum Gasteiger partial charge on any atom is -0.494 e. The van der Waals surface area contributed by atoms with Crippen molar-refractivity contribution in [2.75, 3.05) is 20.8 Å². The molecule has 1 heterocycles. The zero-order valence-corrected chi connectivity index (χ0v) is 22.9. The van der Waals surface area contributed by atoms with Crippen LogP contribution in [-0.4, -0.2) is 49.0 Å². The number of ether oxygens (including phenoxy) is 3. The molecule has 2 aromatic carbocycles. The summed E-state index contributed by atoms with van der Waals surface area (Å²) in [7, 11) is 2.67. The molecule has 4 rings (SSSR count). The van der Waals surface area contributed by atoms with Crippen molar-refractivity contribution in [3.8, 4) is 28.5 Å². The number of hydrogen-bond donors (Lipinski definition) is 3. The number of amides is 1. The number of nitrogens with zero attached hydrogens (tertiary/aromatic N) is 1. The maximum Gasteiger partial charge on any atom is 0.424 e. The summed E-state index contributed by atoms with van der Waals surface area (Å²) in [5.41, 5.74) is 0.800. The highest BCUT2D eigenvalue weighted by Gasteiger charge is 2.57. The first-order chi connectivity index (χ1) is 19.2. The van der Waals surface area contributed by atoms with Gasteiger partial charge in [0.2, 0.25) is 5.60 Å². The number of aliphatic hydroxyl groups is 1. The highest BCUT2D eigenvalue weighted by Crippen LogP contribution is 2.43. The summed E-state index contributed by atoms with van der Waals surface area (Å²) in [6.07, 6.45) is -3.43. The highest BCUT2D eigenvalue weighted by atomic mass is 19.4. The van der Waals surface area contributed by atoms with Crippen LogP contribution in [0.25, 0.3) is 11.3 Å². The van der Waals surface area contributed by atoms with Crippen molar-refractivity contribution in [2.45, 2.75) is 50.1 Å². The van der Waals surface area contributed by atoms with Gasteiger partial charge in [-0.3, -0.25) is 4.79 Å². The Kier molecular flexibility index (Phi) is 8.19. The fourth-order valence-corrected chi connectivity index (χ4v) is 4.15. The number of aromatic nitrogens is 1. The molecule has 1 aromatic heterocycles. The molecule has 0 saturated heterocycles. The zero-order chi connectivity index (χ0) is 30.2. The van der Waals surface area contributed by atoms with E-state index in [9.17, 15) is 27.5 Å². The second kappa shape index (κ2) is 11.2. The van der Waals surface area contributed by atoms with Crippen LogP contribution >= 0.6 is 0 Å². The standard InChI is InChI=1S/C29H31F4N3O5/c1-27(2,34)20-14-23(36-24(25(20)40-4)16-5-8-18(30)9-6-16)28(38,29(31,32)33)15-35-26(37)17-7-12-21(22(13-17)39-3)41-19-10-11-19/h5-9,12-14,19,38H,10-11,15,34H2,1-4H3,(H,35,37)/t28-/m1/s1. The summed E-state index contributed by atoms with van der Waals surface area (Å²) in [5, 5.41) is 13.3. The first-order valence-corrected chi connectivity index (χ1v) is 12.7. The number of benzene rings is 2. The van der Waals surface area contributed by atoms with Gasteiger partial charge in [0.25, 0.3) is 5.91 Å². The second-order valence-corrected chi connectivity index (χ2v) is 10.4. The topological polar surface area (TPSA) is 116 Å². The number of hydrogen-bond acceptors (Lipinski definition) is 7. The molecule has 1 aliphatic rings. The van der Waals surface area contributed by atoms with Crippen LogP contribution in [0.2, 0.25) is 0 Å². The summed E-state index contributed by atoms with van der Waals surface area (Å²) in [4.78, 5) is 17.0. The van der Waals surface area contributed by atoms with Crippen LogP contribution in [0, 0.1) is 5.82 Å². The number of pyridine rings is 1. The molecule has 3 aromatic rings. The highest BCUT2D eigenvalue weighted by molar-refractivity contribution is 5.95. The van der Waals surface area contributed by atoms with Gasteiger partial charge in [-0.05, 0) is 75.2 Å². The molecule has 0 aliphatic heterocycles. The number of alkyl halides is 3. The quantitative estimate of drug-likeness (QED) is 0.296. The third kappa shape index (κ3) is 6.38. The Labute approximate surface area is 234 Å². The number of carbonyl (C=O) groups excluding carboxylic acids is 1. The van der Waals surface area contributed by atoms with Crippen molar-refractivity contribution in [3.05, 3.63) is 71.2 Å². The number of halogens is 4. The number of nitrogens with one attached hydrogen (secondary N) is 1. The van der Waals surface area contributed by atoms with E-state index in [2.05, 4.69) is 10.3 Å². The van der Waals surface area contributed by atoms with Crippen molar-refractivity contribution in [2.24, 2.45) is 5.73 Å². The van der Waals surface area contributed by atoms with Crippen LogP contribution < -0.4 is 25.3 Å². The van der Waals surface area contributed by atoms with Gasteiger partial charge in [0, 0.05) is 22.2 Å². The predicted octanol–water partition coefficient (Wildman–Crippen LogP) is 4.82. The number of nitrogens with two attached hydrogens (primary N) is 1. The molecule has 41 heavy (non-hydrogen) atoms. The Balaban J connectivity index is 1.74. The van der Waals surface area contributed by atoms with Gasteiger partial charge in [-0.15, -0.1) is 0 Å². The average molecular weight is 578 g/mol. The Morgan fingerprint density at radius 1 is 1.05 bits per heavy atom. The third-order valence-corrected chi connectivity index (χ3v) is 6.63. The van der Waals surface area contributed by atoms with Gasteiger partial charge in [0.15, 0.2) is 11.5 Å². The van der Waals surface area contributed by atoms with E-state index >= 15 is 0 Å². The minimum atomic E-state index is -5.28. The Bertz CT molecular complexity index is 1420. The summed E-state index contributed by atoms with van der Waals surface area (Å²) < 4.78 is 73.7. The van der Waals surface area contributed by atoms with Crippen molar-refractivity contribution in [1.29, 1.82) is 0 Å². The Hall–Kier alpha value is -3.90. The van der Waals surface area contributed by atoms with Gasteiger partial charge >= 0.3 is 6.18 Å². The SMILES string of the molecule is COc1cc(C(=O)NC[C@@](O)(c2cc(C(C)(C)N)c(OC)c(-c3ccc(F)cc3)n2)C(F)(F)F)ccc1OC1CC1. The van der Waals surface area contributed by atoms with Crippen LogP contribution in [0.1, 0.15) is 48.3 Å². The first kappa shape index (κ1) is 30.1. The fourth-order valence-electron chi connectivity index (χ4n) is 4.15. The van der Waals surface area contributed by atoms with Gasteiger partial charge in [0.05, 0.1) is 32.6 Å². The van der Waals surface area contributed by atoms with E-state index in [0.717, 1.165) is 31.0 Å². The van der Waals surface area contributed by atoms with E-state index in [0.29, 0.717) is 5.75 Å². The van der Waals surface area contributed by atoms with E-state index in [1.54, 1.807) is 13.8 Å². The van der Waals surface area contributed by atoms with Crippen LogP contribution in [0.5, 0.6) is 17.2 Å². The van der Waals surface area contributed by atoms with E-state index in [4.69, 9.17) is 19.9 Å². The Morgan fingerprint density at radius 2 is 1.71 bits per heavy atom. The molecule has 0 bridgehead atoms. The molecular formula is C29H31F4N3O5. The molecule has 0 unspecified atom stereocenters. The van der Waals surface area contributed by atoms with Gasteiger partial charge in [0.1, 0.15) is 17.3 Å². The van der Waals surface area contributed by atoms with Gasteiger partial charge in [-0.2, -0.15) is 13.2 Å². The predicted molar refractivity (Wildman–Crippen MR) is 142 cm³/mol. The summed E-state index contributed by atoms with van der Waals surface area (Å²) in [6, 6.07) is 10.1. The maximum atomic E-state index is 14.5. The molecule has 1 amide bonds. The molecule has 4 N–H and O–H groups in total. The van der Waals surface area contributed by atoms with Crippen LogP contribution in [-0.2, 0) is 11.1 Å². The van der Waals surface area contributed by atoms with E-state index in [1.165, 1.54) is 44.6 Å². The third-order valence-electron chi connectivity index (χ3n) is 6.63. The molecule has 1 fully saturated rings. The lowest BCUT2D eigenvalue weighted by Crippen LogP contribution is -2.51. The molecule has 1 saturated carbocycles. The largest absolute Gasteiger partial charge is 0.494 e. The molecular weight excluding hydrogens is 546 g/mol. The van der Waals surface area contributed by atoms with Gasteiger partial charge in [-0.25, -0.2) is 9.37 Å². The first-order valence-electron chi connectivity index (χ1n) is 12.7. The van der Waals surface area contributed by atoms with Crippen LogP contribution in [0.3, 0.4) is 0 Å². The van der Waals surface area contributed by atoms with Gasteiger partial charge < -0.3 is 30.4 Å². The lowest BCUT2D eigenvalue weighted by Gasteiger charge is -2.33. The smallest absolute Gasteiger partial charge is 0.424 e. The molecule has 0 spiro atoms. The number of rotatable bonds is 10. The molecule has 12 heteroatoms. The molecule has 8 nitrogen and oxygen atoms in total. The molecule has 1 atom stereocenters. The fraction of sp³-hybridized carbons (Fsp3) is 0.379. The minimum absolute atomic E-state index is 0.00649. The van der Waals surface area contributed by atoms with Crippen LogP contribution in [0.15, 0.2) is 48.5 Å². The number of carbonyl (C=O) groups is 1. The molecule has 0 radical (unpaired) electrons. The van der Waals surface area contributed by atoms with E-state index < -0.39 is 41.3 Å². The lowest BCUT2D eigenvalue weighted by atomic mass is 9.88. The zero-order valence-electron chi connectivity index (χ0n) is 22.9. The van der Waals surface area contributed by atoms with E-state index in [1.807, 2.05) is 0 Å². The Morgan fingerprint density at radius 3 is 2.24 bits per heavy atom. The van der Waals surface area contributed by atoms with Crippen molar-refractivity contribution in [3.63, 3.8) is 0 Å².